The van der Waals surface area contributed by atoms with Crippen LogP contribution in [0.3, 0.4) is 0 Å². The van der Waals surface area contributed by atoms with Crippen LogP contribution in [0.15, 0.2) is 48.5 Å². The van der Waals surface area contributed by atoms with Gasteiger partial charge in [0.1, 0.15) is 6.61 Å². The fourth-order valence-electron chi connectivity index (χ4n) is 3.68. The van der Waals surface area contributed by atoms with Crippen LogP contribution in [0.25, 0.3) is 10.9 Å². The quantitative estimate of drug-likeness (QED) is 0.638. The standard InChI is InChI=1S/C23H21NO4/c1-27-22(25)16-12-10-15(11-13-16)14-28-23(26)21-17-6-2-4-8-19(17)24-20-9-5-3-7-18(20)21/h2,4,6,8,10-13H,3,5,7,9,14H2,1H3. The molecule has 1 aromatic heterocycles. The summed E-state index contributed by atoms with van der Waals surface area (Å²) in [4.78, 5) is 29.3. The fraction of sp³-hybridized carbons (Fsp3) is 0.261. The van der Waals surface area contributed by atoms with Crippen molar-refractivity contribution < 1.29 is 19.1 Å². The molecule has 0 aliphatic heterocycles. The highest BCUT2D eigenvalue weighted by Gasteiger charge is 2.23. The predicted octanol–water partition coefficient (Wildman–Crippen LogP) is 4.26. The molecule has 2 aromatic carbocycles. The van der Waals surface area contributed by atoms with E-state index in [0.29, 0.717) is 11.1 Å². The van der Waals surface area contributed by atoms with Crippen molar-refractivity contribution in [3.63, 3.8) is 0 Å². The van der Waals surface area contributed by atoms with Crippen molar-refractivity contribution in [1.29, 1.82) is 0 Å². The molecule has 1 aliphatic rings. The predicted molar refractivity (Wildman–Crippen MR) is 105 cm³/mol. The van der Waals surface area contributed by atoms with Gasteiger partial charge in [0.25, 0.3) is 0 Å². The maximum absolute atomic E-state index is 13.0. The van der Waals surface area contributed by atoms with Crippen LogP contribution < -0.4 is 0 Å². The molecule has 0 unspecified atom stereocenters. The summed E-state index contributed by atoms with van der Waals surface area (Å²) in [5, 5.41) is 0.842. The Morgan fingerprint density at radius 1 is 0.964 bits per heavy atom. The first-order valence-corrected chi connectivity index (χ1v) is 9.42. The van der Waals surface area contributed by atoms with Crippen LogP contribution in [0.1, 0.15) is 50.4 Å². The van der Waals surface area contributed by atoms with Crippen LogP contribution in [0, 0.1) is 0 Å². The second-order valence-electron chi connectivity index (χ2n) is 6.90. The average Bonchev–Trinajstić information content (AvgIpc) is 2.75. The molecule has 0 radical (unpaired) electrons. The second kappa shape index (κ2) is 7.80. The molecule has 0 amide bonds. The van der Waals surface area contributed by atoms with Gasteiger partial charge in [-0.15, -0.1) is 0 Å². The van der Waals surface area contributed by atoms with Crippen molar-refractivity contribution in [1.82, 2.24) is 4.98 Å². The van der Waals surface area contributed by atoms with Crippen molar-refractivity contribution in [3.05, 3.63) is 76.5 Å². The van der Waals surface area contributed by atoms with Gasteiger partial charge in [-0.1, -0.05) is 30.3 Å². The second-order valence-corrected chi connectivity index (χ2v) is 6.90. The third-order valence-corrected chi connectivity index (χ3v) is 5.12. The molecule has 0 atom stereocenters. The van der Waals surface area contributed by atoms with E-state index in [9.17, 15) is 9.59 Å². The largest absolute Gasteiger partial charge is 0.465 e. The molecule has 1 aliphatic carbocycles. The highest BCUT2D eigenvalue weighted by molar-refractivity contribution is 6.05. The number of pyridine rings is 1. The molecule has 1 heterocycles. The number of nitrogens with zero attached hydrogens (tertiary/aromatic N) is 1. The van der Waals surface area contributed by atoms with Crippen LogP contribution in [0.2, 0.25) is 0 Å². The van der Waals surface area contributed by atoms with Crippen LogP contribution >= 0.6 is 0 Å². The zero-order valence-corrected chi connectivity index (χ0v) is 15.7. The molecule has 0 bridgehead atoms. The fourth-order valence-corrected chi connectivity index (χ4v) is 3.68. The monoisotopic (exact) mass is 375 g/mol. The highest BCUT2D eigenvalue weighted by Crippen LogP contribution is 2.30. The lowest BCUT2D eigenvalue weighted by atomic mass is 9.90. The van der Waals surface area contributed by atoms with E-state index in [4.69, 9.17) is 14.5 Å². The molecule has 0 saturated heterocycles. The van der Waals surface area contributed by atoms with Gasteiger partial charge in [-0.25, -0.2) is 9.59 Å². The van der Waals surface area contributed by atoms with Gasteiger partial charge in [0.2, 0.25) is 0 Å². The third-order valence-electron chi connectivity index (χ3n) is 5.12. The van der Waals surface area contributed by atoms with Crippen molar-refractivity contribution in [2.75, 3.05) is 7.11 Å². The number of ether oxygens (including phenoxy) is 2. The molecular weight excluding hydrogens is 354 g/mol. The van der Waals surface area contributed by atoms with Gasteiger partial charge in [-0.05, 0) is 55.0 Å². The van der Waals surface area contributed by atoms with E-state index in [2.05, 4.69) is 0 Å². The molecule has 0 fully saturated rings. The smallest absolute Gasteiger partial charge is 0.339 e. The number of hydrogen-bond donors (Lipinski definition) is 0. The summed E-state index contributed by atoms with van der Waals surface area (Å²) in [5.41, 5.74) is 4.79. The van der Waals surface area contributed by atoms with Crippen molar-refractivity contribution in [2.24, 2.45) is 0 Å². The molecule has 4 rings (SSSR count). The average molecular weight is 375 g/mol. The van der Waals surface area contributed by atoms with Gasteiger partial charge in [-0.3, -0.25) is 4.98 Å². The first-order valence-electron chi connectivity index (χ1n) is 9.42. The van der Waals surface area contributed by atoms with Gasteiger partial charge < -0.3 is 9.47 Å². The van der Waals surface area contributed by atoms with Crippen LogP contribution in [-0.2, 0) is 28.9 Å². The number of para-hydroxylation sites is 1. The van der Waals surface area contributed by atoms with Gasteiger partial charge in [0.05, 0.1) is 23.8 Å². The van der Waals surface area contributed by atoms with Crippen molar-refractivity contribution in [3.8, 4) is 0 Å². The first-order chi connectivity index (χ1) is 13.7. The summed E-state index contributed by atoms with van der Waals surface area (Å²) in [6, 6.07) is 14.6. The third kappa shape index (κ3) is 3.48. The summed E-state index contributed by atoms with van der Waals surface area (Å²) in [6.45, 7) is 0.145. The molecule has 0 saturated carbocycles. The Kier molecular flexibility index (Phi) is 5.06. The number of rotatable bonds is 4. The van der Waals surface area contributed by atoms with Gasteiger partial charge in [-0.2, -0.15) is 0 Å². The van der Waals surface area contributed by atoms with E-state index >= 15 is 0 Å². The Labute approximate surface area is 163 Å². The van der Waals surface area contributed by atoms with E-state index in [1.54, 1.807) is 24.3 Å². The summed E-state index contributed by atoms with van der Waals surface area (Å²) < 4.78 is 10.3. The zero-order valence-electron chi connectivity index (χ0n) is 15.7. The van der Waals surface area contributed by atoms with E-state index < -0.39 is 5.97 Å². The molecule has 0 spiro atoms. The number of methoxy groups -OCH3 is 1. The Balaban J connectivity index is 1.60. The van der Waals surface area contributed by atoms with Crippen molar-refractivity contribution >= 4 is 22.8 Å². The maximum Gasteiger partial charge on any atom is 0.339 e. The topological polar surface area (TPSA) is 65.5 Å². The minimum absolute atomic E-state index is 0.145. The summed E-state index contributed by atoms with van der Waals surface area (Å²) in [6.07, 6.45) is 3.91. The van der Waals surface area contributed by atoms with E-state index in [0.717, 1.165) is 53.4 Å². The Bertz CT molecular complexity index is 1040. The zero-order chi connectivity index (χ0) is 19.5. The number of aryl methyl sites for hydroxylation is 1. The van der Waals surface area contributed by atoms with E-state index in [1.807, 2.05) is 24.3 Å². The normalized spacial score (nSPS) is 13.0. The first kappa shape index (κ1) is 18.2. The number of benzene rings is 2. The van der Waals surface area contributed by atoms with Crippen LogP contribution in [0.4, 0.5) is 0 Å². The number of esters is 2. The number of fused-ring (bicyclic) bond motifs is 2. The Morgan fingerprint density at radius 3 is 2.50 bits per heavy atom. The SMILES string of the molecule is COC(=O)c1ccc(COC(=O)c2c3c(nc4ccccc24)CCCC3)cc1. The minimum atomic E-state index is -0.390. The minimum Gasteiger partial charge on any atom is -0.465 e. The van der Waals surface area contributed by atoms with E-state index in [1.165, 1.54) is 7.11 Å². The Morgan fingerprint density at radius 2 is 1.71 bits per heavy atom. The molecule has 28 heavy (non-hydrogen) atoms. The van der Waals surface area contributed by atoms with Crippen LogP contribution in [0.5, 0.6) is 0 Å². The lowest BCUT2D eigenvalue weighted by Crippen LogP contribution is -2.15. The lowest BCUT2D eigenvalue weighted by molar-refractivity contribution is 0.0472. The molecular formula is C23H21NO4. The van der Waals surface area contributed by atoms with Crippen LogP contribution in [-0.4, -0.2) is 24.0 Å². The molecule has 142 valence electrons. The molecule has 0 N–H and O–H groups in total. The summed E-state index contributed by atoms with van der Waals surface area (Å²) >= 11 is 0. The summed E-state index contributed by atoms with van der Waals surface area (Å²) in [7, 11) is 1.34. The molecule has 5 heteroatoms. The van der Waals surface area contributed by atoms with Gasteiger partial charge in [0.15, 0.2) is 0 Å². The number of carbonyl (C=O) groups excluding carboxylic acids is 2. The van der Waals surface area contributed by atoms with Crippen molar-refractivity contribution in [2.45, 2.75) is 32.3 Å². The summed E-state index contributed by atoms with van der Waals surface area (Å²) in [5.74, 6) is -0.716. The van der Waals surface area contributed by atoms with Gasteiger partial charge in [0, 0.05) is 11.1 Å². The van der Waals surface area contributed by atoms with Gasteiger partial charge >= 0.3 is 11.9 Å². The lowest BCUT2D eigenvalue weighted by Gasteiger charge is -2.20. The highest BCUT2D eigenvalue weighted by atomic mass is 16.5. The molecule has 3 aromatic rings. The Hall–Kier alpha value is -3.21. The number of carbonyl (C=O) groups is 2. The number of aromatic nitrogens is 1. The number of hydrogen-bond acceptors (Lipinski definition) is 5. The maximum atomic E-state index is 13.0. The molecule has 5 nitrogen and oxygen atoms in total. The van der Waals surface area contributed by atoms with E-state index in [-0.39, 0.29) is 12.6 Å².